The summed E-state index contributed by atoms with van der Waals surface area (Å²) in [6.07, 6.45) is 5.72. The number of ether oxygens (including phenoxy) is 1. The molecule has 35 heavy (non-hydrogen) atoms. The number of carbonyl (C=O) groups is 2. The first-order valence-electron chi connectivity index (χ1n) is 11.9. The van der Waals surface area contributed by atoms with Gasteiger partial charge < -0.3 is 14.6 Å². The largest absolute Gasteiger partial charge is 0.462 e. The average molecular weight is 533 g/mol. The van der Waals surface area contributed by atoms with Crippen LogP contribution in [0.2, 0.25) is 5.02 Å². The smallest absolute Gasteiger partial charge is 0.341 e. The topological polar surface area (TPSA) is 86.1 Å². The van der Waals surface area contributed by atoms with Crippen molar-refractivity contribution in [2.75, 3.05) is 17.7 Å². The molecule has 1 aliphatic rings. The van der Waals surface area contributed by atoms with E-state index in [-0.39, 0.29) is 17.6 Å². The molecule has 10 heteroatoms. The molecule has 0 aliphatic heterocycles. The van der Waals surface area contributed by atoms with Crippen molar-refractivity contribution < 1.29 is 14.3 Å². The lowest BCUT2D eigenvalue weighted by atomic mass is 10.1. The molecule has 4 rings (SSSR count). The zero-order valence-corrected chi connectivity index (χ0v) is 22.3. The van der Waals surface area contributed by atoms with E-state index in [9.17, 15) is 9.59 Å². The maximum absolute atomic E-state index is 12.9. The zero-order chi connectivity index (χ0) is 24.8. The number of hydrogen-bond acceptors (Lipinski definition) is 7. The van der Waals surface area contributed by atoms with Gasteiger partial charge in [0.2, 0.25) is 5.91 Å². The van der Waals surface area contributed by atoms with E-state index in [0.717, 1.165) is 49.1 Å². The number of thiophene rings is 1. The second-order valence-corrected chi connectivity index (χ2v) is 10.8. The van der Waals surface area contributed by atoms with Crippen LogP contribution in [0.1, 0.15) is 65.3 Å². The Morgan fingerprint density at radius 1 is 1.14 bits per heavy atom. The second-order valence-electron chi connectivity index (χ2n) is 8.27. The van der Waals surface area contributed by atoms with E-state index >= 15 is 0 Å². The maximum Gasteiger partial charge on any atom is 0.341 e. The van der Waals surface area contributed by atoms with Crippen LogP contribution in [-0.4, -0.2) is 39.0 Å². The number of carbonyl (C=O) groups excluding carboxylic acids is 2. The molecule has 0 spiro atoms. The van der Waals surface area contributed by atoms with Gasteiger partial charge in [-0.15, -0.1) is 21.5 Å². The highest BCUT2D eigenvalue weighted by Gasteiger charge is 2.26. The lowest BCUT2D eigenvalue weighted by Gasteiger charge is -2.09. The molecular weight excluding hydrogens is 504 g/mol. The van der Waals surface area contributed by atoms with Gasteiger partial charge in [-0.25, -0.2) is 4.79 Å². The van der Waals surface area contributed by atoms with Gasteiger partial charge in [0, 0.05) is 22.9 Å². The highest BCUT2D eigenvalue weighted by molar-refractivity contribution is 7.99. The molecule has 7 nitrogen and oxygen atoms in total. The van der Waals surface area contributed by atoms with Crippen LogP contribution in [0.25, 0.3) is 0 Å². The first kappa shape index (κ1) is 25.7. The van der Waals surface area contributed by atoms with Crippen molar-refractivity contribution in [1.82, 2.24) is 14.8 Å². The second kappa shape index (κ2) is 12.1. The summed E-state index contributed by atoms with van der Waals surface area (Å²) < 4.78 is 7.33. The van der Waals surface area contributed by atoms with Crippen molar-refractivity contribution in [3.8, 4) is 0 Å². The van der Waals surface area contributed by atoms with E-state index in [4.69, 9.17) is 16.3 Å². The number of hydrogen-bond donors (Lipinski definition) is 1. The molecule has 0 saturated heterocycles. The summed E-state index contributed by atoms with van der Waals surface area (Å²) in [5.41, 5.74) is 2.68. The van der Waals surface area contributed by atoms with Gasteiger partial charge in [-0.2, -0.15) is 0 Å². The fourth-order valence-corrected chi connectivity index (χ4v) is 6.44. The van der Waals surface area contributed by atoms with Crippen molar-refractivity contribution in [2.24, 2.45) is 0 Å². The Labute approximate surface area is 218 Å². The zero-order valence-electron chi connectivity index (χ0n) is 19.9. The molecule has 1 N–H and O–H groups in total. The summed E-state index contributed by atoms with van der Waals surface area (Å²) in [5.74, 6) is 0.475. The van der Waals surface area contributed by atoms with E-state index in [2.05, 4.69) is 15.5 Å². The molecule has 1 aromatic carbocycles. The first-order chi connectivity index (χ1) is 17.0. The highest BCUT2D eigenvalue weighted by Crippen LogP contribution is 2.38. The number of thioether (sulfide) groups is 1. The van der Waals surface area contributed by atoms with Crippen molar-refractivity contribution >= 4 is 51.6 Å². The van der Waals surface area contributed by atoms with Gasteiger partial charge in [0.05, 0.1) is 17.9 Å². The Bertz CT molecular complexity index is 1190. The fraction of sp³-hybridized carbons (Fsp3) is 0.440. The van der Waals surface area contributed by atoms with Gasteiger partial charge in [0.15, 0.2) is 5.16 Å². The third-order valence-corrected chi connectivity index (χ3v) is 8.30. The minimum atomic E-state index is -0.354. The number of aryl methyl sites for hydroxylation is 1. The number of amides is 1. The molecule has 0 bridgehead atoms. The molecule has 2 aromatic heterocycles. The number of benzene rings is 1. The monoisotopic (exact) mass is 532 g/mol. The van der Waals surface area contributed by atoms with Crippen molar-refractivity contribution in [1.29, 1.82) is 0 Å². The minimum absolute atomic E-state index is 0.171. The van der Waals surface area contributed by atoms with Crippen LogP contribution < -0.4 is 5.32 Å². The number of nitrogens with one attached hydrogen (secondary N) is 1. The van der Waals surface area contributed by atoms with Gasteiger partial charge in [0.1, 0.15) is 10.8 Å². The predicted octanol–water partition coefficient (Wildman–Crippen LogP) is 5.78. The number of fused-ring (bicyclic) bond motifs is 1. The highest BCUT2D eigenvalue weighted by atomic mass is 35.5. The Hall–Kier alpha value is -2.36. The van der Waals surface area contributed by atoms with Crippen molar-refractivity contribution in [3.05, 3.63) is 56.7 Å². The summed E-state index contributed by atoms with van der Waals surface area (Å²) in [5, 5.41) is 13.6. The molecule has 0 saturated carbocycles. The minimum Gasteiger partial charge on any atom is -0.462 e. The standard InChI is InChI=1S/C25H29ClN4O3S2/c1-3-30-20(14-16-10-12-17(26)13-11-16)28-29-25(30)34-15-21(31)27-23-22(24(32)33-4-2)18-8-6-5-7-9-19(18)35-23/h10-13H,3-9,14-15H2,1-2H3,(H,27,31). The number of nitrogens with zero attached hydrogens (tertiary/aromatic N) is 3. The summed E-state index contributed by atoms with van der Waals surface area (Å²) in [6, 6.07) is 7.67. The lowest BCUT2D eigenvalue weighted by molar-refractivity contribution is -0.113. The SMILES string of the molecule is CCOC(=O)c1c(NC(=O)CSc2nnc(Cc3ccc(Cl)cc3)n2CC)sc2c1CCCCC2. The third-order valence-electron chi connectivity index (χ3n) is 5.87. The summed E-state index contributed by atoms with van der Waals surface area (Å²) >= 11 is 8.84. The van der Waals surface area contributed by atoms with E-state index < -0.39 is 0 Å². The van der Waals surface area contributed by atoms with Gasteiger partial charge in [-0.3, -0.25) is 4.79 Å². The molecule has 1 amide bonds. The van der Waals surface area contributed by atoms with Crippen LogP contribution in [0.5, 0.6) is 0 Å². The quantitative estimate of drug-likeness (QED) is 0.213. The van der Waals surface area contributed by atoms with Gasteiger partial charge >= 0.3 is 5.97 Å². The Morgan fingerprint density at radius 2 is 1.91 bits per heavy atom. The number of halogens is 1. The van der Waals surface area contributed by atoms with Crippen molar-refractivity contribution in [2.45, 2.75) is 64.1 Å². The van der Waals surface area contributed by atoms with E-state index in [0.29, 0.717) is 40.3 Å². The van der Waals surface area contributed by atoms with Crippen LogP contribution in [0.15, 0.2) is 29.4 Å². The molecule has 3 aromatic rings. The van der Waals surface area contributed by atoms with Crippen LogP contribution in [0, 0.1) is 0 Å². The molecule has 0 fully saturated rings. The number of esters is 1. The summed E-state index contributed by atoms with van der Waals surface area (Å²) in [6.45, 7) is 4.83. The molecule has 2 heterocycles. The molecule has 0 radical (unpaired) electrons. The molecule has 0 unspecified atom stereocenters. The normalized spacial score (nSPS) is 13.2. The molecular formula is C25H29ClN4O3S2. The number of rotatable bonds is 9. The predicted molar refractivity (Wildman–Crippen MR) is 141 cm³/mol. The third kappa shape index (κ3) is 6.26. The lowest BCUT2D eigenvalue weighted by Crippen LogP contribution is -2.17. The van der Waals surface area contributed by atoms with Crippen LogP contribution in [0.4, 0.5) is 5.00 Å². The molecule has 0 atom stereocenters. The van der Waals surface area contributed by atoms with E-state index in [1.54, 1.807) is 6.92 Å². The summed E-state index contributed by atoms with van der Waals surface area (Å²) in [7, 11) is 0. The molecule has 1 aliphatic carbocycles. The number of anilines is 1. The van der Waals surface area contributed by atoms with Crippen LogP contribution >= 0.6 is 34.7 Å². The Balaban J connectivity index is 1.44. The van der Waals surface area contributed by atoms with Crippen LogP contribution in [0.3, 0.4) is 0 Å². The maximum atomic E-state index is 12.9. The van der Waals surface area contributed by atoms with Crippen LogP contribution in [-0.2, 0) is 35.3 Å². The first-order valence-corrected chi connectivity index (χ1v) is 14.1. The molecule has 186 valence electrons. The van der Waals surface area contributed by atoms with Crippen molar-refractivity contribution in [3.63, 3.8) is 0 Å². The van der Waals surface area contributed by atoms with E-state index in [1.807, 2.05) is 35.8 Å². The Kier molecular flexibility index (Phi) is 8.86. The summed E-state index contributed by atoms with van der Waals surface area (Å²) in [4.78, 5) is 26.8. The average Bonchev–Trinajstić information content (AvgIpc) is 3.30. The Morgan fingerprint density at radius 3 is 2.66 bits per heavy atom. The fourth-order valence-electron chi connectivity index (χ4n) is 4.20. The number of aromatic nitrogens is 3. The van der Waals surface area contributed by atoms with E-state index in [1.165, 1.54) is 28.0 Å². The van der Waals surface area contributed by atoms with Gasteiger partial charge in [0.25, 0.3) is 0 Å². The van der Waals surface area contributed by atoms with Gasteiger partial charge in [-0.05, 0) is 62.8 Å². The van der Waals surface area contributed by atoms with Gasteiger partial charge in [-0.1, -0.05) is 41.9 Å².